The second-order valence-corrected chi connectivity index (χ2v) is 2.25. The predicted molar refractivity (Wildman–Crippen MR) is 32.9 cm³/mol. The van der Waals surface area contributed by atoms with Crippen LogP contribution in [0.2, 0.25) is 0 Å². The van der Waals surface area contributed by atoms with Gasteiger partial charge >= 0.3 is 0 Å². The van der Waals surface area contributed by atoms with E-state index in [4.69, 9.17) is 4.74 Å². The molecule has 2 atom stereocenters. The molecule has 0 saturated heterocycles. The first kappa shape index (κ1) is 6.05. The molecule has 1 rings (SSSR count). The van der Waals surface area contributed by atoms with Gasteiger partial charge in [-0.15, -0.1) is 0 Å². The van der Waals surface area contributed by atoms with Crippen LogP contribution in [0.3, 0.4) is 0 Å². The predicted octanol–water partition coefficient (Wildman–Crippen LogP) is 0.383. The SMILES string of the molecule is CNC1CCC1OC. The summed E-state index contributed by atoms with van der Waals surface area (Å²) in [5.41, 5.74) is 0. The van der Waals surface area contributed by atoms with Crippen molar-refractivity contribution < 1.29 is 4.74 Å². The first-order valence-corrected chi connectivity index (χ1v) is 3.08. The van der Waals surface area contributed by atoms with Gasteiger partial charge in [0, 0.05) is 13.2 Å². The molecule has 1 N–H and O–H groups in total. The number of rotatable bonds is 2. The summed E-state index contributed by atoms with van der Waals surface area (Å²) in [7, 11) is 3.75. The zero-order chi connectivity index (χ0) is 5.98. The lowest BCUT2D eigenvalue weighted by Crippen LogP contribution is -2.47. The molecule has 0 spiro atoms. The highest BCUT2D eigenvalue weighted by atomic mass is 16.5. The van der Waals surface area contributed by atoms with E-state index in [1.165, 1.54) is 12.8 Å². The van der Waals surface area contributed by atoms with Gasteiger partial charge in [-0.3, -0.25) is 0 Å². The van der Waals surface area contributed by atoms with E-state index >= 15 is 0 Å². The highest BCUT2D eigenvalue weighted by Crippen LogP contribution is 2.21. The van der Waals surface area contributed by atoms with Crippen molar-refractivity contribution in [3.05, 3.63) is 0 Å². The molecule has 2 unspecified atom stereocenters. The average molecular weight is 115 g/mol. The summed E-state index contributed by atoms with van der Waals surface area (Å²) in [6, 6.07) is 0.625. The topological polar surface area (TPSA) is 21.3 Å². The molecule has 1 aliphatic rings. The van der Waals surface area contributed by atoms with Crippen molar-refractivity contribution in [2.24, 2.45) is 0 Å². The minimum absolute atomic E-state index is 0.486. The normalized spacial score (nSPS) is 36.8. The van der Waals surface area contributed by atoms with E-state index in [2.05, 4.69) is 5.32 Å². The van der Waals surface area contributed by atoms with Crippen molar-refractivity contribution in [1.82, 2.24) is 5.32 Å². The van der Waals surface area contributed by atoms with Gasteiger partial charge in [-0.05, 0) is 19.9 Å². The van der Waals surface area contributed by atoms with Gasteiger partial charge < -0.3 is 10.1 Å². The Balaban J connectivity index is 2.16. The van der Waals surface area contributed by atoms with Crippen LogP contribution in [0.15, 0.2) is 0 Å². The van der Waals surface area contributed by atoms with E-state index < -0.39 is 0 Å². The summed E-state index contributed by atoms with van der Waals surface area (Å²) in [4.78, 5) is 0. The first-order chi connectivity index (χ1) is 3.88. The summed E-state index contributed by atoms with van der Waals surface area (Å²) in [5, 5.41) is 3.18. The summed E-state index contributed by atoms with van der Waals surface area (Å²) < 4.78 is 5.13. The molecule has 48 valence electrons. The van der Waals surface area contributed by atoms with Gasteiger partial charge in [0.05, 0.1) is 6.10 Å². The Labute approximate surface area is 50.2 Å². The third-order valence-electron chi connectivity index (χ3n) is 1.88. The zero-order valence-electron chi connectivity index (χ0n) is 5.48. The van der Waals surface area contributed by atoms with E-state index in [-0.39, 0.29) is 0 Å². The first-order valence-electron chi connectivity index (χ1n) is 3.08. The lowest BCUT2D eigenvalue weighted by molar-refractivity contribution is 0.00957. The Morgan fingerprint density at radius 3 is 2.38 bits per heavy atom. The Bertz CT molecular complexity index is 60.9. The van der Waals surface area contributed by atoms with E-state index in [1.807, 2.05) is 7.05 Å². The fraction of sp³-hybridized carbons (Fsp3) is 1.00. The molecular formula is C6H13NO. The minimum Gasteiger partial charge on any atom is -0.380 e. The van der Waals surface area contributed by atoms with Crippen LogP contribution in [-0.2, 0) is 4.74 Å². The third kappa shape index (κ3) is 0.858. The molecule has 0 amide bonds. The van der Waals surface area contributed by atoms with E-state index in [0.717, 1.165) is 0 Å². The molecule has 0 aliphatic heterocycles. The third-order valence-corrected chi connectivity index (χ3v) is 1.88. The number of nitrogens with one attached hydrogen (secondary N) is 1. The van der Waals surface area contributed by atoms with Gasteiger partial charge in [-0.25, -0.2) is 0 Å². The second-order valence-electron chi connectivity index (χ2n) is 2.25. The van der Waals surface area contributed by atoms with Gasteiger partial charge in [0.15, 0.2) is 0 Å². The molecule has 1 fully saturated rings. The fourth-order valence-corrected chi connectivity index (χ4v) is 1.08. The Kier molecular flexibility index (Phi) is 1.86. The quantitative estimate of drug-likeness (QED) is 0.562. The molecule has 0 radical (unpaired) electrons. The minimum atomic E-state index is 0.486. The molecule has 0 bridgehead atoms. The van der Waals surface area contributed by atoms with Crippen molar-refractivity contribution in [1.29, 1.82) is 0 Å². The largest absolute Gasteiger partial charge is 0.380 e. The molecule has 0 heterocycles. The Morgan fingerprint density at radius 2 is 2.25 bits per heavy atom. The highest BCUT2D eigenvalue weighted by molar-refractivity contribution is 4.86. The zero-order valence-corrected chi connectivity index (χ0v) is 5.48. The smallest absolute Gasteiger partial charge is 0.0724 e. The molecule has 1 saturated carbocycles. The average Bonchev–Trinajstić information content (AvgIpc) is 1.66. The maximum Gasteiger partial charge on any atom is 0.0724 e. The van der Waals surface area contributed by atoms with Crippen LogP contribution < -0.4 is 5.32 Å². The van der Waals surface area contributed by atoms with Gasteiger partial charge in [0.1, 0.15) is 0 Å². The summed E-state index contributed by atoms with van der Waals surface area (Å²) in [6.45, 7) is 0. The van der Waals surface area contributed by atoms with Crippen LogP contribution in [-0.4, -0.2) is 26.3 Å². The standard InChI is InChI=1S/C6H13NO/c1-7-5-3-4-6(5)8-2/h5-7H,3-4H2,1-2H3. The van der Waals surface area contributed by atoms with Crippen LogP contribution in [0.25, 0.3) is 0 Å². The fourth-order valence-electron chi connectivity index (χ4n) is 1.08. The number of ether oxygens (including phenoxy) is 1. The lowest BCUT2D eigenvalue weighted by atomic mass is 9.89. The number of hydrogen-bond donors (Lipinski definition) is 1. The van der Waals surface area contributed by atoms with Crippen LogP contribution >= 0.6 is 0 Å². The summed E-state index contributed by atoms with van der Waals surface area (Å²) in [6.07, 6.45) is 2.98. The summed E-state index contributed by atoms with van der Waals surface area (Å²) >= 11 is 0. The van der Waals surface area contributed by atoms with Crippen molar-refractivity contribution >= 4 is 0 Å². The van der Waals surface area contributed by atoms with Crippen LogP contribution in [0.1, 0.15) is 12.8 Å². The van der Waals surface area contributed by atoms with E-state index in [1.54, 1.807) is 7.11 Å². The maximum absolute atomic E-state index is 5.13. The molecule has 0 aromatic rings. The Hall–Kier alpha value is -0.0800. The molecule has 0 aromatic heterocycles. The van der Waals surface area contributed by atoms with Gasteiger partial charge in [-0.1, -0.05) is 0 Å². The highest BCUT2D eigenvalue weighted by Gasteiger charge is 2.28. The molecule has 1 aliphatic carbocycles. The molecule has 0 aromatic carbocycles. The maximum atomic E-state index is 5.13. The molecule has 2 heteroatoms. The van der Waals surface area contributed by atoms with Crippen LogP contribution in [0.4, 0.5) is 0 Å². The van der Waals surface area contributed by atoms with Gasteiger partial charge in [-0.2, -0.15) is 0 Å². The lowest BCUT2D eigenvalue weighted by Gasteiger charge is -2.34. The van der Waals surface area contributed by atoms with Crippen molar-refractivity contribution in [3.8, 4) is 0 Å². The van der Waals surface area contributed by atoms with Crippen molar-refractivity contribution in [2.75, 3.05) is 14.2 Å². The monoisotopic (exact) mass is 115 g/mol. The van der Waals surface area contributed by atoms with E-state index in [9.17, 15) is 0 Å². The van der Waals surface area contributed by atoms with Gasteiger partial charge in [0.2, 0.25) is 0 Å². The summed E-state index contributed by atoms with van der Waals surface area (Å²) in [5.74, 6) is 0. The number of likely N-dealkylation sites (N-methyl/N-ethyl adjacent to an activating group) is 1. The molecule has 8 heavy (non-hydrogen) atoms. The van der Waals surface area contributed by atoms with Crippen molar-refractivity contribution in [3.63, 3.8) is 0 Å². The van der Waals surface area contributed by atoms with Gasteiger partial charge in [0.25, 0.3) is 0 Å². The number of hydrogen-bond acceptors (Lipinski definition) is 2. The van der Waals surface area contributed by atoms with Crippen LogP contribution in [0.5, 0.6) is 0 Å². The van der Waals surface area contributed by atoms with Crippen LogP contribution in [0, 0.1) is 0 Å². The van der Waals surface area contributed by atoms with Crippen molar-refractivity contribution in [2.45, 2.75) is 25.0 Å². The van der Waals surface area contributed by atoms with E-state index in [0.29, 0.717) is 12.1 Å². The Morgan fingerprint density at radius 1 is 1.50 bits per heavy atom. The molecule has 2 nitrogen and oxygen atoms in total. The number of methoxy groups -OCH3 is 1. The molecular weight excluding hydrogens is 102 g/mol. The second kappa shape index (κ2) is 2.46.